The zero-order chi connectivity index (χ0) is 19.9. The maximum absolute atomic E-state index is 12.2. The molecule has 0 spiro atoms. The predicted molar refractivity (Wildman–Crippen MR) is 91.4 cm³/mol. The molecule has 0 radical (unpaired) electrons. The predicted octanol–water partition coefficient (Wildman–Crippen LogP) is 2.98. The largest absolute Gasteiger partial charge is 0.484 e. The van der Waals surface area contributed by atoms with Gasteiger partial charge in [0.05, 0.1) is 6.42 Å². The zero-order valence-electron chi connectivity index (χ0n) is 14.2. The van der Waals surface area contributed by atoms with Crippen LogP contribution in [0.5, 0.6) is 5.75 Å². The van der Waals surface area contributed by atoms with E-state index in [4.69, 9.17) is 0 Å². The van der Waals surface area contributed by atoms with Crippen LogP contribution in [-0.4, -0.2) is 35.8 Å². The number of amides is 1. The van der Waals surface area contributed by atoms with Crippen LogP contribution in [0.4, 0.5) is 13.2 Å². The summed E-state index contributed by atoms with van der Waals surface area (Å²) >= 11 is 0. The van der Waals surface area contributed by atoms with Gasteiger partial charge in [-0.1, -0.05) is 42.5 Å². The zero-order valence-corrected chi connectivity index (χ0v) is 14.2. The molecule has 0 saturated heterocycles. The fourth-order valence-electron chi connectivity index (χ4n) is 2.39. The standard InChI is InChI=1S/C19H18F3NO4/c20-19(21,22)12-27-15-8-4-7-14(9-15)11-17(24)23-16(18(25)26)10-13-5-2-1-3-6-13/h1-9,16H,10-12H2,(H,23,24)(H,25,26). The van der Waals surface area contributed by atoms with Gasteiger partial charge in [0.15, 0.2) is 6.61 Å². The number of carbonyl (C=O) groups is 2. The van der Waals surface area contributed by atoms with Crippen LogP contribution in [0.25, 0.3) is 0 Å². The van der Waals surface area contributed by atoms with Crippen LogP contribution in [0.3, 0.4) is 0 Å². The highest BCUT2D eigenvalue weighted by molar-refractivity contribution is 5.85. The molecule has 2 N–H and O–H groups in total. The number of nitrogens with one attached hydrogen (secondary N) is 1. The monoisotopic (exact) mass is 381 g/mol. The van der Waals surface area contributed by atoms with Crippen molar-refractivity contribution in [3.63, 3.8) is 0 Å². The molecule has 2 aromatic carbocycles. The molecule has 1 atom stereocenters. The van der Waals surface area contributed by atoms with Gasteiger partial charge in [-0.25, -0.2) is 4.79 Å². The highest BCUT2D eigenvalue weighted by Gasteiger charge is 2.28. The maximum Gasteiger partial charge on any atom is 0.422 e. The molecule has 0 aliphatic carbocycles. The molecule has 1 unspecified atom stereocenters. The number of carboxylic acid groups (broad SMARTS) is 1. The smallest absolute Gasteiger partial charge is 0.422 e. The summed E-state index contributed by atoms with van der Waals surface area (Å²) in [4.78, 5) is 23.5. The van der Waals surface area contributed by atoms with Crippen LogP contribution in [-0.2, 0) is 22.4 Å². The molecule has 0 bridgehead atoms. The summed E-state index contributed by atoms with van der Waals surface area (Å²) in [5, 5.41) is 11.7. The molecule has 8 heteroatoms. The van der Waals surface area contributed by atoms with Gasteiger partial charge in [0.1, 0.15) is 11.8 Å². The van der Waals surface area contributed by atoms with E-state index in [0.717, 1.165) is 5.56 Å². The van der Waals surface area contributed by atoms with Crippen molar-refractivity contribution in [2.75, 3.05) is 6.61 Å². The summed E-state index contributed by atoms with van der Waals surface area (Å²) in [6, 6.07) is 13.4. The molecule has 2 rings (SSSR count). The van der Waals surface area contributed by atoms with Gasteiger partial charge in [-0.05, 0) is 23.3 Å². The number of aliphatic carboxylic acids is 1. The minimum absolute atomic E-state index is 0.0169. The third-order valence-electron chi connectivity index (χ3n) is 3.58. The fourth-order valence-corrected chi connectivity index (χ4v) is 2.39. The second-order valence-electron chi connectivity index (χ2n) is 5.88. The highest BCUT2D eigenvalue weighted by atomic mass is 19.4. The van der Waals surface area contributed by atoms with Crippen molar-refractivity contribution >= 4 is 11.9 Å². The first-order chi connectivity index (χ1) is 12.7. The molecule has 144 valence electrons. The lowest BCUT2D eigenvalue weighted by atomic mass is 10.1. The molecule has 2 aromatic rings. The quantitative estimate of drug-likeness (QED) is 0.737. The first-order valence-corrected chi connectivity index (χ1v) is 8.07. The van der Waals surface area contributed by atoms with E-state index < -0.39 is 30.7 Å². The van der Waals surface area contributed by atoms with E-state index in [1.807, 2.05) is 0 Å². The number of benzene rings is 2. The molecular formula is C19H18F3NO4. The molecule has 0 aromatic heterocycles. The molecular weight excluding hydrogens is 363 g/mol. The molecule has 1 amide bonds. The van der Waals surface area contributed by atoms with Crippen LogP contribution < -0.4 is 10.1 Å². The summed E-state index contributed by atoms with van der Waals surface area (Å²) in [7, 11) is 0. The number of hydrogen-bond acceptors (Lipinski definition) is 3. The minimum Gasteiger partial charge on any atom is -0.484 e. The average Bonchev–Trinajstić information content (AvgIpc) is 2.60. The number of hydrogen-bond donors (Lipinski definition) is 2. The molecule has 0 fully saturated rings. The Bertz CT molecular complexity index is 778. The number of carboxylic acids is 1. The van der Waals surface area contributed by atoms with Gasteiger partial charge in [0, 0.05) is 6.42 Å². The topological polar surface area (TPSA) is 75.6 Å². The van der Waals surface area contributed by atoms with E-state index in [1.54, 1.807) is 36.4 Å². The van der Waals surface area contributed by atoms with E-state index in [0.29, 0.717) is 5.56 Å². The summed E-state index contributed by atoms with van der Waals surface area (Å²) < 4.78 is 41.3. The molecule has 27 heavy (non-hydrogen) atoms. The lowest BCUT2D eigenvalue weighted by molar-refractivity contribution is -0.153. The number of ether oxygens (including phenoxy) is 1. The van der Waals surface area contributed by atoms with E-state index >= 15 is 0 Å². The van der Waals surface area contributed by atoms with Crippen LogP contribution in [0.15, 0.2) is 54.6 Å². The Morgan fingerprint density at radius 3 is 2.33 bits per heavy atom. The van der Waals surface area contributed by atoms with Crippen molar-refractivity contribution in [3.8, 4) is 5.75 Å². The van der Waals surface area contributed by atoms with Gasteiger partial charge >= 0.3 is 12.1 Å². The third kappa shape index (κ3) is 7.39. The summed E-state index contributed by atoms with van der Waals surface area (Å²) in [5.74, 6) is -1.74. The average molecular weight is 381 g/mol. The summed E-state index contributed by atoms with van der Waals surface area (Å²) in [6.45, 7) is -1.43. The van der Waals surface area contributed by atoms with Crippen LogP contribution >= 0.6 is 0 Å². The fraction of sp³-hybridized carbons (Fsp3) is 0.263. The van der Waals surface area contributed by atoms with Crippen LogP contribution in [0.2, 0.25) is 0 Å². The lowest BCUT2D eigenvalue weighted by Crippen LogP contribution is -2.43. The van der Waals surface area contributed by atoms with Crippen molar-refractivity contribution in [2.45, 2.75) is 25.1 Å². The van der Waals surface area contributed by atoms with Crippen molar-refractivity contribution in [3.05, 3.63) is 65.7 Å². The van der Waals surface area contributed by atoms with Gasteiger partial charge in [-0.2, -0.15) is 13.2 Å². The summed E-state index contributed by atoms with van der Waals surface area (Å²) in [6.07, 6.45) is -4.52. The maximum atomic E-state index is 12.2. The second-order valence-corrected chi connectivity index (χ2v) is 5.88. The van der Waals surface area contributed by atoms with Crippen molar-refractivity contribution in [2.24, 2.45) is 0 Å². The van der Waals surface area contributed by atoms with E-state index in [1.165, 1.54) is 18.2 Å². The first kappa shape index (κ1) is 20.3. The van der Waals surface area contributed by atoms with Gasteiger partial charge in [0.2, 0.25) is 5.91 Å². The SMILES string of the molecule is O=C(Cc1cccc(OCC(F)(F)F)c1)NC(Cc1ccccc1)C(=O)O. The Kier molecular flexibility index (Phi) is 6.81. The van der Waals surface area contributed by atoms with Gasteiger partial charge in [0.25, 0.3) is 0 Å². The number of halogens is 3. The Morgan fingerprint density at radius 1 is 1.04 bits per heavy atom. The highest BCUT2D eigenvalue weighted by Crippen LogP contribution is 2.19. The number of alkyl halides is 3. The molecule has 5 nitrogen and oxygen atoms in total. The Labute approximate surface area is 153 Å². The molecule has 0 aliphatic rings. The van der Waals surface area contributed by atoms with Crippen LogP contribution in [0, 0.1) is 0 Å². The minimum atomic E-state index is -4.46. The van der Waals surface area contributed by atoms with Gasteiger partial charge in [-0.15, -0.1) is 0 Å². The normalized spacial score (nSPS) is 12.3. The van der Waals surface area contributed by atoms with Crippen molar-refractivity contribution in [1.29, 1.82) is 0 Å². The second kappa shape index (κ2) is 9.07. The third-order valence-corrected chi connectivity index (χ3v) is 3.58. The van der Waals surface area contributed by atoms with E-state index in [9.17, 15) is 27.9 Å². The lowest BCUT2D eigenvalue weighted by Gasteiger charge is -2.15. The Morgan fingerprint density at radius 2 is 1.70 bits per heavy atom. The van der Waals surface area contributed by atoms with E-state index in [-0.39, 0.29) is 18.6 Å². The Balaban J connectivity index is 1.96. The molecule has 0 aliphatic heterocycles. The number of carbonyl (C=O) groups excluding carboxylic acids is 1. The van der Waals surface area contributed by atoms with Gasteiger partial charge in [-0.3, -0.25) is 4.79 Å². The molecule has 0 saturated carbocycles. The van der Waals surface area contributed by atoms with E-state index in [2.05, 4.69) is 10.1 Å². The van der Waals surface area contributed by atoms with Gasteiger partial charge < -0.3 is 15.2 Å². The summed E-state index contributed by atoms with van der Waals surface area (Å²) in [5.41, 5.74) is 1.17. The number of rotatable bonds is 8. The van der Waals surface area contributed by atoms with Crippen molar-refractivity contribution in [1.82, 2.24) is 5.32 Å². The first-order valence-electron chi connectivity index (χ1n) is 8.07. The Hall–Kier alpha value is -3.03. The molecule has 0 heterocycles. The van der Waals surface area contributed by atoms with Crippen molar-refractivity contribution < 1.29 is 32.6 Å². The van der Waals surface area contributed by atoms with Crippen LogP contribution in [0.1, 0.15) is 11.1 Å².